The van der Waals surface area contributed by atoms with Crippen molar-refractivity contribution in [3.8, 4) is 0 Å². The van der Waals surface area contributed by atoms with Gasteiger partial charge >= 0.3 is 0 Å². The first-order valence-corrected chi connectivity index (χ1v) is 17.5. The summed E-state index contributed by atoms with van der Waals surface area (Å²) in [7, 11) is 0. The molecule has 0 amide bonds. The van der Waals surface area contributed by atoms with Gasteiger partial charge in [0.1, 0.15) is 24.4 Å². The van der Waals surface area contributed by atoms with Gasteiger partial charge in [-0.25, -0.2) is 0 Å². The van der Waals surface area contributed by atoms with Gasteiger partial charge in [0.25, 0.3) is 0 Å². The molecule has 0 unspecified atom stereocenters. The maximum absolute atomic E-state index is 12.4. The molecule has 8 aliphatic rings. The van der Waals surface area contributed by atoms with Crippen molar-refractivity contribution < 1.29 is 44.5 Å². The van der Waals surface area contributed by atoms with Crippen molar-refractivity contribution in [2.75, 3.05) is 6.61 Å². The summed E-state index contributed by atoms with van der Waals surface area (Å²) < 4.78 is 25.9. The number of aliphatic hydroxyl groups is 5. The molecule has 8 fully saturated rings. The number of rotatable bonds is 3. The maximum atomic E-state index is 12.4. The van der Waals surface area contributed by atoms with Crippen LogP contribution in [0.4, 0.5) is 0 Å². The second kappa shape index (κ2) is 9.00. The van der Waals surface area contributed by atoms with Crippen molar-refractivity contribution in [3.63, 3.8) is 0 Å². The first-order chi connectivity index (χ1) is 20.4. The molecule has 9 nitrogen and oxygen atoms in total. The third-order valence-corrected chi connectivity index (χ3v) is 15.8. The molecule has 5 saturated carbocycles. The molecule has 0 radical (unpaired) electrons. The van der Waals surface area contributed by atoms with Crippen LogP contribution in [-0.2, 0) is 18.9 Å². The molecule has 0 aromatic rings. The molecule has 44 heavy (non-hydrogen) atoms. The molecular formula is C35H56O9. The normalized spacial score (nSPS) is 62.2. The van der Waals surface area contributed by atoms with E-state index in [4.69, 9.17) is 18.9 Å². The van der Waals surface area contributed by atoms with Gasteiger partial charge in [-0.3, -0.25) is 0 Å². The molecule has 9 heteroatoms. The van der Waals surface area contributed by atoms with E-state index in [-0.39, 0.29) is 57.9 Å². The van der Waals surface area contributed by atoms with Crippen molar-refractivity contribution >= 4 is 0 Å². The predicted molar refractivity (Wildman–Crippen MR) is 159 cm³/mol. The predicted octanol–water partition coefficient (Wildman–Crippen LogP) is 3.12. The van der Waals surface area contributed by atoms with Crippen molar-refractivity contribution in [2.45, 2.75) is 160 Å². The number of hydrogen-bond donors (Lipinski definition) is 5. The van der Waals surface area contributed by atoms with Crippen LogP contribution in [0.5, 0.6) is 0 Å². The standard InChI is InChI=1S/C35H56O9/c1-17-12-19-27(30(4,5)40)44-35(43-19)15-31(6)21-9-8-20-29(2,3)23(42-28-25(39)24(38)18(36)14-41-28)10-11-33(20)16-34(21,33)13-22(37)32(31,7)26(17)35/h17-28,36-40H,8-16H2,1-7H3/t17-,18-,19-,20+,21+,22-,23+,24+,25-,26-,27+,28+,31+,32-,33-,34+,35-/m1/s1. The van der Waals surface area contributed by atoms with Gasteiger partial charge in [-0.05, 0) is 98.2 Å². The fraction of sp³-hybridized carbons (Fsp3) is 1.00. The van der Waals surface area contributed by atoms with E-state index in [0.717, 1.165) is 51.4 Å². The van der Waals surface area contributed by atoms with Crippen LogP contribution >= 0.6 is 0 Å². The summed E-state index contributed by atoms with van der Waals surface area (Å²) in [6, 6.07) is 0. The third-order valence-electron chi connectivity index (χ3n) is 15.8. The van der Waals surface area contributed by atoms with Gasteiger partial charge in [0, 0.05) is 17.8 Å². The Morgan fingerprint density at radius 1 is 0.864 bits per heavy atom. The van der Waals surface area contributed by atoms with Crippen molar-refractivity contribution in [2.24, 2.45) is 50.7 Å². The van der Waals surface area contributed by atoms with Gasteiger partial charge in [-0.1, -0.05) is 34.6 Å². The Morgan fingerprint density at radius 2 is 1.57 bits per heavy atom. The summed E-state index contributed by atoms with van der Waals surface area (Å²) in [6.07, 6.45) is 1.80. The van der Waals surface area contributed by atoms with Crippen LogP contribution in [0, 0.1) is 50.7 Å². The molecule has 3 heterocycles. The minimum Gasteiger partial charge on any atom is -0.393 e. The maximum Gasteiger partial charge on any atom is 0.186 e. The van der Waals surface area contributed by atoms with Crippen LogP contribution in [0.1, 0.15) is 99.8 Å². The Balaban J connectivity index is 1.10. The smallest absolute Gasteiger partial charge is 0.186 e. The minimum atomic E-state index is -1.29. The van der Waals surface area contributed by atoms with Gasteiger partial charge in [0.2, 0.25) is 0 Å². The summed E-state index contributed by atoms with van der Waals surface area (Å²) in [4.78, 5) is 0. The second-order valence-electron chi connectivity index (χ2n) is 18.4. The van der Waals surface area contributed by atoms with Gasteiger partial charge < -0.3 is 44.5 Å². The van der Waals surface area contributed by atoms with E-state index >= 15 is 0 Å². The fourth-order valence-corrected chi connectivity index (χ4v) is 14.0. The lowest BCUT2D eigenvalue weighted by Crippen LogP contribution is -2.63. The summed E-state index contributed by atoms with van der Waals surface area (Å²) in [5.74, 6) is 0.479. The molecule has 17 atom stereocenters. The molecule has 3 aliphatic heterocycles. The highest BCUT2D eigenvalue weighted by Crippen LogP contribution is 2.90. The molecule has 2 bridgehead atoms. The average molecular weight is 621 g/mol. The molecule has 3 saturated heterocycles. The van der Waals surface area contributed by atoms with E-state index in [2.05, 4.69) is 34.6 Å². The summed E-state index contributed by atoms with van der Waals surface area (Å²) >= 11 is 0. The molecule has 8 rings (SSSR count). The molecule has 0 aromatic heterocycles. The second-order valence-corrected chi connectivity index (χ2v) is 18.4. The van der Waals surface area contributed by atoms with Crippen LogP contribution < -0.4 is 0 Å². The summed E-state index contributed by atoms with van der Waals surface area (Å²) in [5.41, 5.74) is -1.51. The van der Waals surface area contributed by atoms with Crippen molar-refractivity contribution in [3.05, 3.63) is 0 Å². The fourth-order valence-electron chi connectivity index (χ4n) is 14.0. The van der Waals surface area contributed by atoms with E-state index in [1.54, 1.807) is 0 Å². The van der Waals surface area contributed by atoms with Crippen LogP contribution in [-0.4, -0.2) is 92.5 Å². The molecule has 5 N–H and O–H groups in total. The summed E-state index contributed by atoms with van der Waals surface area (Å²) in [6.45, 7) is 15.3. The number of hydrogen-bond acceptors (Lipinski definition) is 9. The Bertz CT molecular complexity index is 1200. The Morgan fingerprint density at radius 3 is 2.27 bits per heavy atom. The zero-order valence-electron chi connectivity index (χ0n) is 27.7. The zero-order valence-corrected chi connectivity index (χ0v) is 27.7. The largest absolute Gasteiger partial charge is 0.393 e. The lowest BCUT2D eigenvalue weighted by molar-refractivity contribution is -0.303. The van der Waals surface area contributed by atoms with Crippen LogP contribution in [0.25, 0.3) is 0 Å². The molecule has 3 spiro atoms. The highest BCUT2D eigenvalue weighted by molar-refractivity contribution is 5.34. The first-order valence-electron chi connectivity index (χ1n) is 17.5. The third kappa shape index (κ3) is 3.48. The van der Waals surface area contributed by atoms with Gasteiger partial charge in [0.05, 0.1) is 30.5 Å². The first kappa shape index (κ1) is 30.9. The van der Waals surface area contributed by atoms with Crippen LogP contribution in [0.2, 0.25) is 0 Å². The van der Waals surface area contributed by atoms with Gasteiger partial charge in [-0.15, -0.1) is 0 Å². The molecule has 0 aromatic carbocycles. The Hall–Kier alpha value is -0.360. The monoisotopic (exact) mass is 620 g/mol. The Kier molecular flexibility index (Phi) is 6.33. The average Bonchev–Trinajstić information content (AvgIpc) is 3.39. The van der Waals surface area contributed by atoms with Gasteiger partial charge in [0.15, 0.2) is 12.1 Å². The van der Waals surface area contributed by atoms with E-state index in [1.807, 2.05) is 13.8 Å². The quantitative estimate of drug-likeness (QED) is 0.301. The van der Waals surface area contributed by atoms with E-state index in [1.165, 1.54) is 0 Å². The number of ether oxygens (including phenoxy) is 4. The lowest BCUT2D eigenvalue weighted by Gasteiger charge is -2.64. The van der Waals surface area contributed by atoms with Gasteiger partial charge in [-0.2, -0.15) is 0 Å². The SMILES string of the molecule is C[C@@H]1C[C@H]2O[C@]3(C[C@@]4(C)[C@@H]5CC[C@H]6C(C)(C)[C@@H](O[C@@H]7OC[C@@H](O)[C@H](O)[C@H]7O)CC[C@@]67C[C@@]57C[C@@H](O)[C@]4(C)[C@@H]13)O[C@@H]2C(C)(C)O. The van der Waals surface area contributed by atoms with Crippen molar-refractivity contribution in [1.82, 2.24) is 0 Å². The highest BCUT2D eigenvalue weighted by Gasteiger charge is 2.87. The van der Waals surface area contributed by atoms with Crippen LogP contribution in [0.15, 0.2) is 0 Å². The van der Waals surface area contributed by atoms with E-state index in [0.29, 0.717) is 17.8 Å². The van der Waals surface area contributed by atoms with E-state index < -0.39 is 42.1 Å². The van der Waals surface area contributed by atoms with Crippen LogP contribution in [0.3, 0.4) is 0 Å². The van der Waals surface area contributed by atoms with E-state index in [9.17, 15) is 25.5 Å². The Labute approximate surface area is 262 Å². The topological polar surface area (TPSA) is 138 Å². The minimum absolute atomic E-state index is 0.0603. The molecular weight excluding hydrogens is 564 g/mol. The van der Waals surface area contributed by atoms with Crippen molar-refractivity contribution in [1.29, 1.82) is 0 Å². The molecule has 5 aliphatic carbocycles. The highest BCUT2D eigenvalue weighted by atomic mass is 16.8. The lowest BCUT2D eigenvalue weighted by atomic mass is 9.41. The molecule has 250 valence electrons. The zero-order chi connectivity index (χ0) is 31.6. The number of aliphatic hydroxyl groups excluding tert-OH is 4. The summed E-state index contributed by atoms with van der Waals surface area (Å²) in [5, 5.41) is 54.3. The number of fused-ring (bicyclic) bond motifs is 4.